The number of rotatable bonds is 5. The number of amidine groups is 1. The predicted molar refractivity (Wildman–Crippen MR) is 105 cm³/mol. The summed E-state index contributed by atoms with van der Waals surface area (Å²) in [7, 11) is 0. The predicted octanol–water partition coefficient (Wildman–Crippen LogP) is 0.634. The fourth-order valence-corrected chi connectivity index (χ4v) is 6.05. The second-order valence-electron chi connectivity index (χ2n) is 8.25. The number of hydrogen-bond acceptors (Lipinski definition) is 6. The standard InChI is InChI=1S/C18H27N5O3S/c1-18(2)14(17(25)26)23-15(24)13(16(23)27-18)21-10-22-7-3-11(4-8-22)9-12-19-5-6-20-12/h10-11,13-14,16H,3-9H2,1-2H3,(H,19,20)(H,25,26)/t13?,14-,16?/m0/s1. The molecule has 1 amide bonds. The minimum absolute atomic E-state index is 0.158. The summed E-state index contributed by atoms with van der Waals surface area (Å²) in [5.41, 5.74) is 0. The van der Waals surface area contributed by atoms with Crippen LogP contribution in [0.5, 0.6) is 0 Å². The third-order valence-electron chi connectivity index (χ3n) is 5.91. The maximum atomic E-state index is 12.5. The molecular weight excluding hydrogens is 366 g/mol. The number of piperidine rings is 1. The Morgan fingerprint density at radius 1 is 1.44 bits per heavy atom. The van der Waals surface area contributed by atoms with Crippen molar-refractivity contribution in [2.24, 2.45) is 15.9 Å². The molecule has 0 aliphatic carbocycles. The number of aliphatic imine (C=N–C) groups is 2. The summed E-state index contributed by atoms with van der Waals surface area (Å²) < 4.78 is -0.494. The van der Waals surface area contributed by atoms with Crippen molar-refractivity contribution in [2.75, 3.05) is 26.2 Å². The highest BCUT2D eigenvalue weighted by molar-refractivity contribution is 8.01. The molecule has 0 aromatic rings. The molecule has 9 heteroatoms. The number of nitrogens with zero attached hydrogens (tertiary/aromatic N) is 4. The van der Waals surface area contributed by atoms with Gasteiger partial charge >= 0.3 is 5.97 Å². The zero-order chi connectivity index (χ0) is 19.2. The van der Waals surface area contributed by atoms with Gasteiger partial charge in [-0.25, -0.2) is 4.79 Å². The minimum atomic E-state index is -0.936. The smallest absolute Gasteiger partial charge is 0.327 e. The van der Waals surface area contributed by atoms with Gasteiger partial charge in [-0.3, -0.25) is 14.8 Å². The molecule has 0 aromatic carbocycles. The topological polar surface area (TPSA) is 97.6 Å². The molecule has 3 saturated heterocycles. The molecule has 4 heterocycles. The number of carbonyl (C=O) groups is 2. The largest absolute Gasteiger partial charge is 0.480 e. The van der Waals surface area contributed by atoms with Crippen LogP contribution >= 0.6 is 11.8 Å². The first-order valence-corrected chi connectivity index (χ1v) is 10.5. The van der Waals surface area contributed by atoms with Crippen molar-refractivity contribution in [3.8, 4) is 0 Å². The zero-order valence-corrected chi connectivity index (χ0v) is 16.6. The van der Waals surface area contributed by atoms with E-state index in [1.807, 2.05) is 20.2 Å². The molecule has 0 saturated carbocycles. The number of fused-ring (bicyclic) bond motifs is 1. The van der Waals surface area contributed by atoms with E-state index in [4.69, 9.17) is 0 Å². The Hall–Kier alpha value is -1.77. The normalized spacial score (nSPS) is 33.0. The Balaban J connectivity index is 1.30. The molecular formula is C18H27N5O3S. The Bertz CT molecular complexity index is 686. The Morgan fingerprint density at radius 2 is 2.19 bits per heavy atom. The third-order valence-corrected chi connectivity index (χ3v) is 7.47. The molecule has 3 atom stereocenters. The Morgan fingerprint density at radius 3 is 2.81 bits per heavy atom. The second kappa shape index (κ2) is 7.00. The van der Waals surface area contributed by atoms with Crippen LogP contribution in [0.3, 0.4) is 0 Å². The van der Waals surface area contributed by atoms with Gasteiger partial charge in [0.1, 0.15) is 11.4 Å². The number of carbonyl (C=O) groups excluding carboxylic acids is 1. The lowest BCUT2D eigenvalue weighted by Gasteiger charge is -2.41. The van der Waals surface area contributed by atoms with E-state index in [-0.39, 0.29) is 11.3 Å². The van der Waals surface area contributed by atoms with Crippen LogP contribution in [0, 0.1) is 5.92 Å². The number of carboxylic acids is 1. The highest BCUT2D eigenvalue weighted by Crippen LogP contribution is 2.51. The number of thioether (sulfide) groups is 1. The van der Waals surface area contributed by atoms with Gasteiger partial charge in [0.25, 0.3) is 5.91 Å². The lowest BCUT2D eigenvalue weighted by Crippen LogP contribution is -2.65. The molecule has 2 unspecified atom stereocenters. The van der Waals surface area contributed by atoms with Crippen molar-refractivity contribution in [3.63, 3.8) is 0 Å². The van der Waals surface area contributed by atoms with Crippen LogP contribution in [-0.4, -0.2) is 87.3 Å². The van der Waals surface area contributed by atoms with Crippen LogP contribution in [0.15, 0.2) is 9.98 Å². The van der Waals surface area contributed by atoms with E-state index >= 15 is 0 Å². The van der Waals surface area contributed by atoms with Crippen molar-refractivity contribution in [1.82, 2.24) is 15.1 Å². The summed E-state index contributed by atoms with van der Waals surface area (Å²) in [4.78, 5) is 36.7. The molecule has 3 fully saturated rings. The maximum absolute atomic E-state index is 12.5. The summed E-state index contributed by atoms with van der Waals surface area (Å²) in [5, 5.41) is 12.6. The third kappa shape index (κ3) is 3.41. The van der Waals surface area contributed by atoms with Crippen molar-refractivity contribution in [2.45, 2.75) is 55.3 Å². The lowest BCUT2D eigenvalue weighted by atomic mass is 9.93. The van der Waals surface area contributed by atoms with Gasteiger partial charge in [0.15, 0.2) is 6.04 Å². The fourth-order valence-electron chi connectivity index (χ4n) is 4.43. The van der Waals surface area contributed by atoms with Gasteiger partial charge in [0.2, 0.25) is 0 Å². The van der Waals surface area contributed by atoms with E-state index in [0.29, 0.717) is 5.92 Å². The van der Waals surface area contributed by atoms with Crippen molar-refractivity contribution < 1.29 is 14.7 Å². The van der Waals surface area contributed by atoms with Crippen LogP contribution in [0.1, 0.15) is 33.1 Å². The monoisotopic (exact) mass is 393 g/mol. The van der Waals surface area contributed by atoms with Gasteiger partial charge in [0.05, 0.1) is 18.7 Å². The van der Waals surface area contributed by atoms with Crippen LogP contribution < -0.4 is 5.32 Å². The number of hydrogen-bond donors (Lipinski definition) is 2. The maximum Gasteiger partial charge on any atom is 0.327 e. The van der Waals surface area contributed by atoms with E-state index in [0.717, 1.165) is 51.3 Å². The first kappa shape index (κ1) is 18.6. The van der Waals surface area contributed by atoms with E-state index in [2.05, 4.69) is 20.2 Å². The van der Waals surface area contributed by atoms with E-state index in [1.165, 1.54) is 4.90 Å². The molecule has 8 nitrogen and oxygen atoms in total. The Kier molecular flexibility index (Phi) is 4.82. The molecule has 0 bridgehead atoms. The summed E-state index contributed by atoms with van der Waals surface area (Å²) >= 11 is 1.54. The summed E-state index contributed by atoms with van der Waals surface area (Å²) in [6, 6.07) is -1.22. The quantitative estimate of drug-likeness (QED) is 0.404. The molecule has 148 valence electrons. The molecule has 4 aliphatic rings. The van der Waals surface area contributed by atoms with Crippen molar-refractivity contribution >= 4 is 35.8 Å². The van der Waals surface area contributed by atoms with Crippen LogP contribution in [-0.2, 0) is 9.59 Å². The highest BCUT2D eigenvalue weighted by atomic mass is 32.2. The number of carboxylic acid groups (broad SMARTS) is 1. The fraction of sp³-hybridized carbons (Fsp3) is 0.778. The van der Waals surface area contributed by atoms with Gasteiger partial charge in [-0.05, 0) is 32.6 Å². The van der Waals surface area contributed by atoms with E-state index in [9.17, 15) is 14.7 Å². The second-order valence-corrected chi connectivity index (χ2v) is 10.0. The van der Waals surface area contributed by atoms with Crippen molar-refractivity contribution in [3.05, 3.63) is 0 Å². The molecule has 2 N–H and O–H groups in total. The van der Waals surface area contributed by atoms with Gasteiger partial charge in [-0.2, -0.15) is 0 Å². The number of nitrogens with one attached hydrogen (secondary N) is 1. The average molecular weight is 394 g/mol. The molecule has 27 heavy (non-hydrogen) atoms. The van der Waals surface area contributed by atoms with E-state index < -0.39 is 22.8 Å². The van der Waals surface area contributed by atoms with Gasteiger partial charge in [-0.1, -0.05) is 0 Å². The summed E-state index contributed by atoms with van der Waals surface area (Å²) in [5.74, 6) is 0.703. The van der Waals surface area contributed by atoms with E-state index in [1.54, 1.807) is 11.8 Å². The highest BCUT2D eigenvalue weighted by Gasteiger charge is 2.63. The molecule has 0 spiro atoms. The zero-order valence-electron chi connectivity index (χ0n) is 15.8. The number of β-lactam (4-membered cyclic amide) rings is 1. The van der Waals surface area contributed by atoms with Gasteiger partial charge in [0, 0.05) is 30.8 Å². The van der Waals surface area contributed by atoms with Gasteiger partial charge < -0.3 is 20.2 Å². The number of aliphatic carboxylic acids is 1. The number of amides is 1. The first-order chi connectivity index (χ1) is 12.9. The Labute approximate surface area is 163 Å². The first-order valence-electron chi connectivity index (χ1n) is 9.64. The summed E-state index contributed by atoms with van der Waals surface area (Å²) in [6.45, 7) is 7.51. The summed E-state index contributed by atoms with van der Waals surface area (Å²) in [6.07, 6.45) is 5.04. The van der Waals surface area contributed by atoms with Crippen LogP contribution in [0.4, 0.5) is 0 Å². The van der Waals surface area contributed by atoms with Crippen molar-refractivity contribution in [1.29, 1.82) is 0 Å². The average Bonchev–Trinajstić information content (AvgIpc) is 3.20. The SMILES string of the molecule is CC1(C)SC2C(N=CN3CCC(CC4=NCCN4)CC3)C(=O)N2[C@H]1C(=O)O. The van der Waals surface area contributed by atoms with Crippen LogP contribution in [0.2, 0.25) is 0 Å². The van der Waals surface area contributed by atoms with Crippen LogP contribution in [0.25, 0.3) is 0 Å². The number of likely N-dealkylation sites (tertiary alicyclic amines) is 1. The lowest BCUT2D eigenvalue weighted by molar-refractivity contribution is -0.158. The molecule has 0 radical (unpaired) electrons. The molecule has 0 aromatic heterocycles. The molecule has 4 aliphatic heterocycles. The van der Waals surface area contributed by atoms with Gasteiger partial charge in [-0.15, -0.1) is 11.8 Å². The molecule has 4 rings (SSSR count). The minimum Gasteiger partial charge on any atom is -0.480 e.